The van der Waals surface area contributed by atoms with Gasteiger partial charge in [-0.2, -0.15) is 0 Å². The van der Waals surface area contributed by atoms with E-state index in [0.717, 1.165) is 16.4 Å². The third-order valence-electron chi connectivity index (χ3n) is 1.08. The van der Waals surface area contributed by atoms with Crippen LogP contribution in [-0.4, -0.2) is 11.5 Å². The summed E-state index contributed by atoms with van der Waals surface area (Å²) in [4.78, 5) is 2.01. The minimum absolute atomic E-state index is 0.859. The van der Waals surface area contributed by atoms with Crippen molar-refractivity contribution < 1.29 is 0 Å². The molecule has 0 fully saturated rings. The summed E-state index contributed by atoms with van der Waals surface area (Å²) in [7, 11) is 0. The highest BCUT2D eigenvalue weighted by molar-refractivity contribution is 7.81. The van der Waals surface area contributed by atoms with Crippen LogP contribution in [0.5, 0.6) is 0 Å². The molecule has 3 heteroatoms. The lowest BCUT2D eigenvalue weighted by Crippen LogP contribution is -2.20. The molecule has 0 saturated heterocycles. The summed E-state index contributed by atoms with van der Waals surface area (Å²) >= 11 is 6.74. The molecule has 1 rings (SSSR count). The molecule has 0 saturated carbocycles. The van der Waals surface area contributed by atoms with Gasteiger partial charge in [0.15, 0.2) is 0 Å². The highest BCUT2D eigenvalue weighted by atomic mass is 32.1. The standard InChI is InChI=1S/C7H9NS2/c1-2-8-7(9)6-4-3-5-10-6/h3-5H,2H2,1H3,(H,8,9). The quantitative estimate of drug-likeness (QED) is 0.683. The third-order valence-corrected chi connectivity index (χ3v) is 2.46. The van der Waals surface area contributed by atoms with Gasteiger partial charge in [0.1, 0.15) is 4.99 Å². The number of hydrogen-bond acceptors (Lipinski definition) is 2. The van der Waals surface area contributed by atoms with E-state index in [0.29, 0.717) is 0 Å². The maximum atomic E-state index is 5.07. The van der Waals surface area contributed by atoms with Gasteiger partial charge in [-0.15, -0.1) is 11.3 Å². The van der Waals surface area contributed by atoms with E-state index < -0.39 is 0 Å². The van der Waals surface area contributed by atoms with E-state index in [4.69, 9.17) is 12.2 Å². The van der Waals surface area contributed by atoms with Crippen molar-refractivity contribution in [1.29, 1.82) is 0 Å². The Balaban J connectivity index is 2.59. The molecule has 0 bridgehead atoms. The number of rotatable bonds is 2. The predicted molar refractivity (Wildman–Crippen MR) is 49.7 cm³/mol. The lowest BCUT2D eigenvalue weighted by molar-refractivity contribution is 0.985. The first kappa shape index (κ1) is 7.69. The summed E-state index contributed by atoms with van der Waals surface area (Å²) < 4.78 is 0. The zero-order valence-electron chi connectivity index (χ0n) is 5.76. The van der Waals surface area contributed by atoms with Crippen molar-refractivity contribution in [1.82, 2.24) is 5.32 Å². The Labute approximate surface area is 70.1 Å². The van der Waals surface area contributed by atoms with Gasteiger partial charge in [-0.1, -0.05) is 18.3 Å². The van der Waals surface area contributed by atoms with Gasteiger partial charge in [-0.05, 0) is 18.4 Å². The van der Waals surface area contributed by atoms with Gasteiger partial charge in [0.25, 0.3) is 0 Å². The molecule has 0 amide bonds. The Morgan fingerprint density at radius 1 is 1.80 bits per heavy atom. The van der Waals surface area contributed by atoms with E-state index in [1.165, 1.54) is 0 Å². The molecule has 0 aliphatic carbocycles. The molecule has 0 aliphatic rings. The summed E-state index contributed by atoms with van der Waals surface area (Å²) in [5, 5.41) is 5.12. The zero-order chi connectivity index (χ0) is 7.40. The fraction of sp³-hybridized carbons (Fsp3) is 0.286. The average molecular weight is 171 g/mol. The van der Waals surface area contributed by atoms with Gasteiger partial charge < -0.3 is 5.32 Å². The number of nitrogens with one attached hydrogen (secondary N) is 1. The van der Waals surface area contributed by atoms with Crippen LogP contribution in [0.15, 0.2) is 17.5 Å². The van der Waals surface area contributed by atoms with Gasteiger partial charge in [-0.25, -0.2) is 0 Å². The van der Waals surface area contributed by atoms with Crippen LogP contribution in [0.1, 0.15) is 11.8 Å². The van der Waals surface area contributed by atoms with Crippen molar-refractivity contribution in [2.45, 2.75) is 6.92 Å². The van der Waals surface area contributed by atoms with Gasteiger partial charge in [-0.3, -0.25) is 0 Å². The molecule has 1 heterocycles. The topological polar surface area (TPSA) is 12.0 Å². The summed E-state index contributed by atoms with van der Waals surface area (Å²) in [5.74, 6) is 0. The molecule has 0 atom stereocenters. The first-order valence-corrected chi connectivity index (χ1v) is 4.45. The molecule has 10 heavy (non-hydrogen) atoms. The van der Waals surface area contributed by atoms with Gasteiger partial charge in [0, 0.05) is 6.54 Å². The van der Waals surface area contributed by atoms with Crippen LogP contribution >= 0.6 is 23.6 Å². The fourth-order valence-corrected chi connectivity index (χ4v) is 1.65. The lowest BCUT2D eigenvalue weighted by atomic mass is 10.4. The van der Waals surface area contributed by atoms with Crippen LogP contribution in [0.4, 0.5) is 0 Å². The maximum Gasteiger partial charge on any atom is 0.116 e. The molecule has 1 nitrogen and oxygen atoms in total. The molecule has 1 N–H and O–H groups in total. The van der Waals surface area contributed by atoms with E-state index in [-0.39, 0.29) is 0 Å². The molecule has 0 aliphatic heterocycles. The fourth-order valence-electron chi connectivity index (χ4n) is 0.655. The Morgan fingerprint density at radius 2 is 2.60 bits per heavy atom. The van der Waals surface area contributed by atoms with Gasteiger partial charge in [0.05, 0.1) is 4.88 Å². The van der Waals surface area contributed by atoms with Crippen LogP contribution < -0.4 is 5.32 Å². The monoisotopic (exact) mass is 171 g/mol. The number of hydrogen-bond donors (Lipinski definition) is 1. The van der Waals surface area contributed by atoms with Crippen molar-refractivity contribution in [3.05, 3.63) is 22.4 Å². The number of thiocarbonyl (C=S) groups is 1. The highest BCUT2D eigenvalue weighted by Crippen LogP contribution is 2.08. The van der Waals surface area contributed by atoms with Crippen molar-refractivity contribution in [3.8, 4) is 0 Å². The summed E-state index contributed by atoms with van der Waals surface area (Å²) in [6.45, 7) is 2.94. The van der Waals surface area contributed by atoms with Crippen LogP contribution in [0.2, 0.25) is 0 Å². The second-order valence-corrected chi connectivity index (χ2v) is 3.19. The van der Waals surface area contributed by atoms with Crippen molar-refractivity contribution in [2.75, 3.05) is 6.54 Å². The summed E-state index contributed by atoms with van der Waals surface area (Å²) in [5.41, 5.74) is 0. The average Bonchev–Trinajstić information content (AvgIpc) is 2.38. The third kappa shape index (κ3) is 1.78. The van der Waals surface area contributed by atoms with E-state index in [9.17, 15) is 0 Å². The molecule has 1 aromatic rings. The summed E-state index contributed by atoms with van der Waals surface area (Å²) in [6, 6.07) is 4.03. The van der Waals surface area contributed by atoms with Crippen LogP contribution in [0.25, 0.3) is 0 Å². The second-order valence-electron chi connectivity index (χ2n) is 1.84. The number of thiophene rings is 1. The lowest BCUT2D eigenvalue weighted by Gasteiger charge is -1.99. The van der Waals surface area contributed by atoms with Crippen LogP contribution in [0.3, 0.4) is 0 Å². The van der Waals surface area contributed by atoms with Crippen molar-refractivity contribution >= 4 is 28.5 Å². The van der Waals surface area contributed by atoms with E-state index in [2.05, 4.69) is 5.32 Å². The van der Waals surface area contributed by atoms with E-state index >= 15 is 0 Å². The van der Waals surface area contributed by atoms with Crippen LogP contribution in [0, 0.1) is 0 Å². The molecule has 0 aromatic carbocycles. The Morgan fingerprint density at radius 3 is 3.10 bits per heavy atom. The molecule has 0 spiro atoms. The maximum absolute atomic E-state index is 5.07. The van der Waals surface area contributed by atoms with E-state index in [1.54, 1.807) is 11.3 Å². The molecular formula is C7H9NS2. The van der Waals surface area contributed by atoms with Crippen molar-refractivity contribution in [3.63, 3.8) is 0 Å². The SMILES string of the molecule is CCNC(=S)c1cccs1. The van der Waals surface area contributed by atoms with Crippen LogP contribution in [-0.2, 0) is 0 Å². The van der Waals surface area contributed by atoms with Crippen molar-refractivity contribution in [2.24, 2.45) is 0 Å². The normalized spacial score (nSPS) is 9.30. The summed E-state index contributed by atoms with van der Waals surface area (Å²) in [6.07, 6.45) is 0. The van der Waals surface area contributed by atoms with E-state index in [1.807, 2.05) is 24.4 Å². The minimum atomic E-state index is 0.859. The first-order chi connectivity index (χ1) is 4.84. The Kier molecular flexibility index (Phi) is 2.83. The molecule has 1 aromatic heterocycles. The second kappa shape index (κ2) is 3.68. The zero-order valence-corrected chi connectivity index (χ0v) is 7.39. The predicted octanol–water partition coefficient (Wildman–Crippen LogP) is 2.03. The van der Waals surface area contributed by atoms with Gasteiger partial charge >= 0.3 is 0 Å². The minimum Gasteiger partial charge on any atom is -0.375 e. The Bertz CT molecular complexity index is 203. The smallest absolute Gasteiger partial charge is 0.116 e. The molecule has 54 valence electrons. The Hall–Kier alpha value is -0.410. The molecular weight excluding hydrogens is 162 g/mol. The largest absolute Gasteiger partial charge is 0.375 e. The van der Waals surface area contributed by atoms with Gasteiger partial charge in [0.2, 0.25) is 0 Å². The highest BCUT2D eigenvalue weighted by Gasteiger charge is 1.97. The molecule has 0 unspecified atom stereocenters. The molecule has 0 radical (unpaired) electrons. The first-order valence-electron chi connectivity index (χ1n) is 3.16.